The van der Waals surface area contributed by atoms with Gasteiger partial charge in [-0.1, -0.05) is 0 Å². The summed E-state index contributed by atoms with van der Waals surface area (Å²) >= 11 is 0. The highest BCUT2D eigenvalue weighted by Crippen LogP contribution is 2.19. The molecule has 0 saturated carbocycles. The smallest absolute Gasteiger partial charge is 0.274 e. The zero-order chi connectivity index (χ0) is 19.4. The molecule has 0 spiro atoms. The van der Waals surface area contributed by atoms with Crippen molar-refractivity contribution in [3.8, 4) is 0 Å². The second-order valence-electron chi connectivity index (χ2n) is 6.10. The van der Waals surface area contributed by atoms with Crippen molar-refractivity contribution in [1.82, 2.24) is 14.7 Å². The van der Waals surface area contributed by atoms with Gasteiger partial charge in [-0.05, 0) is 37.1 Å². The lowest BCUT2D eigenvalue weighted by Gasteiger charge is -2.16. The molecule has 9 nitrogen and oxygen atoms in total. The molecule has 1 aromatic heterocycles. The maximum atomic E-state index is 12.4. The van der Waals surface area contributed by atoms with Crippen LogP contribution in [0.1, 0.15) is 30.3 Å². The second-order valence-corrected chi connectivity index (χ2v) is 7.78. The van der Waals surface area contributed by atoms with E-state index in [0.29, 0.717) is 11.5 Å². The SMILES string of the molecule is CC(=O)NS(=O)(=O)c1ccc(NC(=O)c2cc(N3CCCC3)ncn2)cc1. The molecule has 1 saturated heterocycles. The molecule has 27 heavy (non-hydrogen) atoms. The number of sulfonamides is 1. The third kappa shape index (κ3) is 4.59. The van der Waals surface area contributed by atoms with Crippen LogP contribution in [0.3, 0.4) is 0 Å². The van der Waals surface area contributed by atoms with Crippen LogP contribution in [0.15, 0.2) is 41.6 Å². The predicted octanol–water partition coefficient (Wildman–Crippen LogP) is 1.15. The van der Waals surface area contributed by atoms with Crippen LogP contribution in [0.4, 0.5) is 11.5 Å². The van der Waals surface area contributed by atoms with E-state index in [2.05, 4.69) is 20.2 Å². The van der Waals surface area contributed by atoms with Crippen molar-refractivity contribution in [2.24, 2.45) is 0 Å². The monoisotopic (exact) mass is 389 g/mol. The van der Waals surface area contributed by atoms with Crippen LogP contribution in [0.25, 0.3) is 0 Å². The molecule has 2 amide bonds. The Kier molecular flexibility index (Phi) is 5.36. The van der Waals surface area contributed by atoms with Crippen LogP contribution in [0, 0.1) is 0 Å². The van der Waals surface area contributed by atoms with Crippen LogP contribution >= 0.6 is 0 Å². The predicted molar refractivity (Wildman–Crippen MR) is 98.9 cm³/mol. The largest absolute Gasteiger partial charge is 0.357 e. The maximum Gasteiger partial charge on any atom is 0.274 e. The standard InChI is InChI=1S/C17H19N5O4S/c1-12(23)21-27(25,26)14-6-4-13(5-7-14)20-17(24)15-10-16(19-11-18-15)22-8-2-3-9-22/h4-7,10-11H,2-3,8-9H2,1H3,(H,20,24)(H,21,23). The molecule has 0 bridgehead atoms. The quantitative estimate of drug-likeness (QED) is 0.787. The van der Waals surface area contributed by atoms with E-state index in [1.54, 1.807) is 6.07 Å². The van der Waals surface area contributed by atoms with Crippen molar-refractivity contribution in [3.05, 3.63) is 42.4 Å². The first-order valence-electron chi connectivity index (χ1n) is 8.37. The summed E-state index contributed by atoms with van der Waals surface area (Å²) in [7, 11) is -3.91. The highest BCUT2D eigenvalue weighted by atomic mass is 32.2. The number of nitrogens with one attached hydrogen (secondary N) is 2. The summed E-state index contributed by atoms with van der Waals surface area (Å²) < 4.78 is 25.7. The van der Waals surface area contributed by atoms with Crippen molar-refractivity contribution < 1.29 is 18.0 Å². The van der Waals surface area contributed by atoms with Gasteiger partial charge in [0.2, 0.25) is 5.91 Å². The molecule has 3 rings (SSSR count). The van der Waals surface area contributed by atoms with Crippen molar-refractivity contribution in [2.45, 2.75) is 24.7 Å². The Morgan fingerprint density at radius 2 is 1.74 bits per heavy atom. The summed E-state index contributed by atoms with van der Waals surface area (Å²) in [4.78, 5) is 33.6. The number of hydrogen-bond donors (Lipinski definition) is 2. The van der Waals surface area contributed by atoms with Gasteiger partial charge in [-0.3, -0.25) is 9.59 Å². The molecule has 2 aromatic rings. The van der Waals surface area contributed by atoms with Crippen LogP contribution in [0.2, 0.25) is 0 Å². The number of nitrogens with zero attached hydrogens (tertiary/aromatic N) is 3. The molecule has 1 aliphatic rings. The molecule has 0 radical (unpaired) electrons. The van der Waals surface area contributed by atoms with E-state index >= 15 is 0 Å². The minimum Gasteiger partial charge on any atom is -0.357 e. The molecule has 0 unspecified atom stereocenters. The highest BCUT2D eigenvalue weighted by molar-refractivity contribution is 7.90. The Labute approximate surface area is 156 Å². The first kappa shape index (κ1) is 18.8. The zero-order valence-corrected chi connectivity index (χ0v) is 15.5. The van der Waals surface area contributed by atoms with Gasteiger partial charge in [0.05, 0.1) is 4.90 Å². The number of hydrogen-bond acceptors (Lipinski definition) is 7. The fourth-order valence-corrected chi connectivity index (χ4v) is 3.74. The summed E-state index contributed by atoms with van der Waals surface area (Å²) in [5, 5.41) is 2.67. The van der Waals surface area contributed by atoms with E-state index < -0.39 is 21.8 Å². The van der Waals surface area contributed by atoms with Gasteiger partial charge < -0.3 is 10.2 Å². The number of carbonyl (C=O) groups excluding carboxylic acids is 2. The molecule has 0 atom stereocenters. The third-order valence-electron chi connectivity index (χ3n) is 4.02. The second kappa shape index (κ2) is 7.70. The van der Waals surface area contributed by atoms with E-state index in [0.717, 1.165) is 32.9 Å². The van der Waals surface area contributed by atoms with Gasteiger partial charge in [0.15, 0.2) is 0 Å². The average Bonchev–Trinajstić information content (AvgIpc) is 3.16. The summed E-state index contributed by atoms with van der Waals surface area (Å²) in [5.41, 5.74) is 0.630. The average molecular weight is 389 g/mol. The first-order chi connectivity index (χ1) is 12.8. The molecule has 1 fully saturated rings. The Hall–Kier alpha value is -3.01. The van der Waals surface area contributed by atoms with Gasteiger partial charge in [-0.25, -0.2) is 23.1 Å². The number of anilines is 2. The van der Waals surface area contributed by atoms with E-state index in [9.17, 15) is 18.0 Å². The van der Waals surface area contributed by atoms with Gasteiger partial charge in [-0.2, -0.15) is 0 Å². The minimum atomic E-state index is -3.91. The van der Waals surface area contributed by atoms with Crippen LogP contribution in [-0.2, 0) is 14.8 Å². The third-order valence-corrected chi connectivity index (χ3v) is 5.46. The summed E-state index contributed by atoms with van der Waals surface area (Å²) in [6.45, 7) is 2.93. The molecular formula is C17H19N5O4S. The van der Waals surface area contributed by atoms with E-state index in [1.165, 1.54) is 30.6 Å². The van der Waals surface area contributed by atoms with E-state index in [4.69, 9.17) is 0 Å². The summed E-state index contributed by atoms with van der Waals surface area (Å²) in [6, 6.07) is 7.12. The van der Waals surface area contributed by atoms with Crippen LogP contribution < -0.4 is 14.9 Å². The lowest BCUT2D eigenvalue weighted by Crippen LogP contribution is -2.28. The summed E-state index contributed by atoms with van der Waals surface area (Å²) in [6.07, 6.45) is 3.55. The fourth-order valence-electron chi connectivity index (χ4n) is 2.75. The fraction of sp³-hybridized carbons (Fsp3) is 0.294. The van der Waals surface area contributed by atoms with Crippen molar-refractivity contribution >= 4 is 33.3 Å². The first-order valence-corrected chi connectivity index (χ1v) is 9.85. The van der Waals surface area contributed by atoms with Gasteiger partial charge >= 0.3 is 0 Å². The Morgan fingerprint density at radius 3 is 2.37 bits per heavy atom. The van der Waals surface area contributed by atoms with Crippen molar-refractivity contribution in [2.75, 3.05) is 23.3 Å². The molecule has 1 aromatic carbocycles. The van der Waals surface area contributed by atoms with Crippen LogP contribution in [-0.4, -0.2) is 43.3 Å². The highest BCUT2D eigenvalue weighted by Gasteiger charge is 2.17. The lowest BCUT2D eigenvalue weighted by atomic mass is 10.3. The topological polar surface area (TPSA) is 121 Å². The number of benzene rings is 1. The van der Waals surface area contributed by atoms with Crippen LogP contribution in [0.5, 0.6) is 0 Å². The number of rotatable bonds is 5. The number of aromatic nitrogens is 2. The van der Waals surface area contributed by atoms with Crippen molar-refractivity contribution in [3.63, 3.8) is 0 Å². The summed E-state index contributed by atoms with van der Waals surface area (Å²) in [5.74, 6) is -0.385. The molecule has 2 heterocycles. The van der Waals surface area contributed by atoms with E-state index in [-0.39, 0.29) is 10.6 Å². The molecule has 2 N–H and O–H groups in total. The number of carbonyl (C=O) groups is 2. The van der Waals surface area contributed by atoms with Gasteiger partial charge in [-0.15, -0.1) is 0 Å². The minimum absolute atomic E-state index is 0.0749. The lowest BCUT2D eigenvalue weighted by molar-refractivity contribution is -0.117. The zero-order valence-electron chi connectivity index (χ0n) is 14.7. The molecule has 0 aliphatic carbocycles. The maximum absolute atomic E-state index is 12.4. The Morgan fingerprint density at radius 1 is 1.07 bits per heavy atom. The molecule has 1 aliphatic heterocycles. The number of amides is 2. The normalized spacial score (nSPS) is 14.0. The van der Waals surface area contributed by atoms with Gasteiger partial charge in [0.25, 0.3) is 15.9 Å². The van der Waals surface area contributed by atoms with Gasteiger partial charge in [0.1, 0.15) is 17.8 Å². The molecule has 142 valence electrons. The van der Waals surface area contributed by atoms with Crippen molar-refractivity contribution in [1.29, 1.82) is 0 Å². The Balaban J connectivity index is 1.71. The van der Waals surface area contributed by atoms with E-state index in [1.807, 2.05) is 4.72 Å². The molecular weight excluding hydrogens is 370 g/mol. The van der Waals surface area contributed by atoms with Gasteiger partial charge in [0, 0.05) is 31.8 Å². The Bertz CT molecular complexity index is 954. The molecule has 10 heteroatoms.